The van der Waals surface area contributed by atoms with Crippen LogP contribution in [0.4, 0.5) is 5.82 Å². The molecule has 1 aromatic carbocycles. The maximum Gasteiger partial charge on any atom is 0.251 e. The molecule has 0 saturated heterocycles. The van der Waals surface area contributed by atoms with Gasteiger partial charge < -0.3 is 10.6 Å². The second kappa shape index (κ2) is 10.4. The molecule has 30 heavy (non-hydrogen) atoms. The van der Waals surface area contributed by atoms with E-state index in [-0.39, 0.29) is 5.91 Å². The van der Waals surface area contributed by atoms with Gasteiger partial charge in [0, 0.05) is 24.4 Å². The molecule has 8 heteroatoms. The molecule has 0 fully saturated rings. The van der Waals surface area contributed by atoms with Crippen molar-refractivity contribution in [1.82, 2.24) is 25.1 Å². The molecule has 160 valence electrons. The van der Waals surface area contributed by atoms with Gasteiger partial charge in [-0.25, -0.2) is 14.6 Å². The van der Waals surface area contributed by atoms with E-state index >= 15 is 0 Å². The number of amides is 1. The topological polar surface area (TPSA) is 84.7 Å². The van der Waals surface area contributed by atoms with Gasteiger partial charge >= 0.3 is 0 Å². The number of nitrogens with zero attached hydrogens (tertiary/aromatic N) is 4. The lowest BCUT2D eigenvalue weighted by Crippen LogP contribution is -2.27. The Hall–Kier alpha value is -2.61. The van der Waals surface area contributed by atoms with E-state index in [4.69, 9.17) is 9.97 Å². The van der Waals surface area contributed by atoms with Crippen LogP contribution in [0.2, 0.25) is 0 Å². The van der Waals surface area contributed by atoms with Gasteiger partial charge in [-0.3, -0.25) is 4.79 Å². The smallest absolute Gasteiger partial charge is 0.251 e. The molecule has 0 aliphatic carbocycles. The number of hydrogen-bond donors (Lipinski definition) is 2. The average molecular weight is 427 g/mol. The fourth-order valence-corrected chi connectivity index (χ4v) is 3.65. The average Bonchev–Trinajstić information content (AvgIpc) is 3.13. The summed E-state index contributed by atoms with van der Waals surface area (Å²) in [4.78, 5) is 21.8. The van der Waals surface area contributed by atoms with Crippen LogP contribution in [0.3, 0.4) is 0 Å². The summed E-state index contributed by atoms with van der Waals surface area (Å²) in [6, 6.07) is 7.58. The highest BCUT2D eigenvalue weighted by Crippen LogP contribution is 2.25. The van der Waals surface area contributed by atoms with Gasteiger partial charge in [0.2, 0.25) is 0 Å². The van der Waals surface area contributed by atoms with Crippen LogP contribution in [0.5, 0.6) is 0 Å². The van der Waals surface area contributed by atoms with Gasteiger partial charge in [-0.15, -0.1) is 0 Å². The zero-order chi connectivity index (χ0) is 21.5. The van der Waals surface area contributed by atoms with Crippen molar-refractivity contribution in [2.75, 3.05) is 24.2 Å². The number of carbonyl (C=O) groups excluding carboxylic acids is 1. The molecule has 0 saturated carbocycles. The molecule has 0 bridgehead atoms. The molecule has 7 nitrogen and oxygen atoms in total. The first-order valence-electron chi connectivity index (χ1n) is 10.4. The molecule has 3 rings (SSSR count). The Bertz CT molecular complexity index is 1000. The van der Waals surface area contributed by atoms with E-state index in [9.17, 15) is 4.79 Å². The first-order chi connectivity index (χ1) is 14.5. The minimum absolute atomic E-state index is 0.0803. The lowest BCUT2D eigenvalue weighted by atomic mass is 10.1. The molecule has 0 spiro atoms. The minimum atomic E-state index is -0.0803. The summed E-state index contributed by atoms with van der Waals surface area (Å²) in [5.41, 5.74) is 2.52. The third-order valence-electron chi connectivity index (χ3n) is 4.48. The highest BCUT2D eigenvalue weighted by Gasteiger charge is 2.14. The third kappa shape index (κ3) is 5.72. The standard InChI is InChI=1S/C22H30N6OS/c1-5-11-30-22-26-19(24-13-15(2)3)18-14-25-28(20(18)27-22)10-9-23-21(29)17-8-6-7-16(4)12-17/h6-8,12,14-15H,5,9-11,13H2,1-4H3,(H,23,29)(H,24,26,27). The van der Waals surface area contributed by atoms with E-state index in [1.807, 2.05) is 35.9 Å². The molecule has 1 amide bonds. The number of carbonyl (C=O) groups is 1. The Morgan fingerprint density at radius 2 is 2.10 bits per heavy atom. The fraction of sp³-hybridized carbons (Fsp3) is 0.455. The van der Waals surface area contributed by atoms with Crippen LogP contribution < -0.4 is 10.6 Å². The number of hydrogen-bond acceptors (Lipinski definition) is 6. The number of fused-ring (bicyclic) bond motifs is 1. The molecule has 2 aromatic heterocycles. The molecule has 0 radical (unpaired) electrons. The van der Waals surface area contributed by atoms with E-state index in [1.54, 1.807) is 18.0 Å². The van der Waals surface area contributed by atoms with Gasteiger partial charge in [0.05, 0.1) is 18.1 Å². The predicted octanol–water partition coefficient (Wildman–Crippen LogP) is 4.13. The SMILES string of the molecule is CCCSc1nc(NCC(C)C)c2cnn(CCNC(=O)c3cccc(C)c3)c2n1. The predicted molar refractivity (Wildman–Crippen MR) is 123 cm³/mol. The van der Waals surface area contributed by atoms with E-state index in [0.717, 1.165) is 46.3 Å². The summed E-state index contributed by atoms with van der Waals surface area (Å²) in [6.07, 6.45) is 2.86. The maximum absolute atomic E-state index is 12.4. The molecule has 0 atom stereocenters. The van der Waals surface area contributed by atoms with Gasteiger partial charge in [-0.1, -0.05) is 50.2 Å². The Morgan fingerprint density at radius 3 is 2.83 bits per heavy atom. The highest BCUT2D eigenvalue weighted by molar-refractivity contribution is 7.99. The van der Waals surface area contributed by atoms with Crippen molar-refractivity contribution in [3.63, 3.8) is 0 Å². The van der Waals surface area contributed by atoms with Crippen LogP contribution in [0, 0.1) is 12.8 Å². The number of benzene rings is 1. The number of aromatic nitrogens is 4. The number of nitrogens with one attached hydrogen (secondary N) is 2. The third-order valence-corrected chi connectivity index (χ3v) is 5.53. The zero-order valence-corrected chi connectivity index (χ0v) is 18.9. The van der Waals surface area contributed by atoms with Crippen molar-refractivity contribution < 1.29 is 4.79 Å². The zero-order valence-electron chi connectivity index (χ0n) is 18.1. The fourth-order valence-electron chi connectivity index (χ4n) is 2.96. The van der Waals surface area contributed by atoms with Crippen LogP contribution >= 0.6 is 11.8 Å². The molecule has 2 heterocycles. The van der Waals surface area contributed by atoms with Crippen LogP contribution in [0.15, 0.2) is 35.6 Å². The summed E-state index contributed by atoms with van der Waals surface area (Å²) < 4.78 is 1.84. The van der Waals surface area contributed by atoms with E-state index in [0.29, 0.717) is 24.6 Å². The summed E-state index contributed by atoms with van der Waals surface area (Å²) >= 11 is 1.65. The summed E-state index contributed by atoms with van der Waals surface area (Å²) in [7, 11) is 0. The number of aryl methyl sites for hydroxylation is 1. The molecule has 0 aliphatic rings. The number of thioether (sulfide) groups is 1. The van der Waals surface area contributed by atoms with Crippen molar-refractivity contribution in [3.05, 3.63) is 41.6 Å². The van der Waals surface area contributed by atoms with Gasteiger partial charge in [0.25, 0.3) is 5.91 Å². The summed E-state index contributed by atoms with van der Waals surface area (Å²) in [6.45, 7) is 10.3. The Kier molecular flexibility index (Phi) is 7.68. The second-order valence-electron chi connectivity index (χ2n) is 7.71. The van der Waals surface area contributed by atoms with E-state index < -0.39 is 0 Å². The Morgan fingerprint density at radius 1 is 1.27 bits per heavy atom. The summed E-state index contributed by atoms with van der Waals surface area (Å²) in [5.74, 6) is 2.22. The highest BCUT2D eigenvalue weighted by atomic mass is 32.2. The molecule has 0 aliphatic heterocycles. The lowest BCUT2D eigenvalue weighted by molar-refractivity contribution is 0.0952. The van der Waals surface area contributed by atoms with Crippen molar-refractivity contribution >= 4 is 34.5 Å². The lowest BCUT2D eigenvalue weighted by Gasteiger charge is -2.11. The van der Waals surface area contributed by atoms with Gasteiger partial charge in [-0.2, -0.15) is 5.10 Å². The molecule has 3 aromatic rings. The summed E-state index contributed by atoms with van der Waals surface area (Å²) in [5, 5.41) is 12.6. The van der Waals surface area contributed by atoms with Crippen molar-refractivity contribution in [2.24, 2.45) is 5.92 Å². The van der Waals surface area contributed by atoms with Crippen molar-refractivity contribution in [3.8, 4) is 0 Å². The van der Waals surface area contributed by atoms with Gasteiger partial charge in [0.1, 0.15) is 5.82 Å². The van der Waals surface area contributed by atoms with E-state index in [1.165, 1.54) is 0 Å². The Labute approximate surface area is 182 Å². The minimum Gasteiger partial charge on any atom is -0.369 e. The quantitative estimate of drug-likeness (QED) is 0.374. The first-order valence-corrected chi connectivity index (χ1v) is 11.4. The van der Waals surface area contributed by atoms with Crippen LogP contribution in [-0.4, -0.2) is 44.5 Å². The second-order valence-corrected chi connectivity index (χ2v) is 8.77. The molecule has 2 N–H and O–H groups in total. The largest absolute Gasteiger partial charge is 0.369 e. The van der Waals surface area contributed by atoms with E-state index in [2.05, 4.69) is 36.5 Å². The number of anilines is 1. The van der Waals surface area contributed by atoms with Gasteiger partial charge in [0.15, 0.2) is 10.8 Å². The normalized spacial score (nSPS) is 11.2. The van der Waals surface area contributed by atoms with Gasteiger partial charge in [-0.05, 0) is 31.4 Å². The maximum atomic E-state index is 12.4. The monoisotopic (exact) mass is 426 g/mol. The van der Waals surface area contributed by atoms with Crippen molar-refractivity contribution in [1.29, 1.82) is 0 Å². The molecular formula is C22H30N6OS. The molecular weight excluding hydrogens is 396 g/mol. The number of rotatable bonds is 10. The first kappa shape index (κ1) is 22.1. The van der Waals surface area contributed by atoms with Crippen molar-refractivity contribution in [2.45, 2.75) is 45.8 Å². The Balaban J connectivity index is 1.74. The van der Waals surface area contributed by atoms with Crippen LogP contribution in [0.1, 0.15) is 43.1 Å². The molecule has 0 unspecified atom stereocenters. The van der Waals surface area contributed by atoms with Crippen LogP contribution in [-0.2, 0) is 6.54 Å². The van der Waals surface area contributed by atoms with Crippen LogP contribution in [0.25, 0.3) is 11.0 Å².